The Balaban J connectivity index is -0.000000310. The average Bonchev–Trinajstić information content (AvgIpc) is 3.00. The first kappa shape index (κ1) is 28.8. The van der Waals surface area contributed by atoms with E-state index in [1.54, 1.807) is 23.3 Å². The Hall–Kier alpha value is 0.0600. The van der Waals surface area contributed by atoms with Crippen molar-refractivity contribution in [3.8, 4) is 0 Å². The van der Waals surface area contributed by atoms with Crippen LogP contribution in [0.4, 0.5) is 0 Å². The summed E-state index contributed by atoms with van der Waals surface area (Å²) in [6, 6.07) is 0. The van der Waals surface area contributed by atoms with Crippen molar-refractivity contribution in [3.63, 3.8) is 0 Å². The number of allylic oxidation sites excluding steroid dienone is 8. The Morgan fingerprint density at radius 1 is 0.750 bits per heavy atom. The second kappa shape index (κ2) is 12.4. The molecule has 0 fully saturated rings. The molecule has 0 aliphatic heterocycles. The Bertz CT molecular complexity index is 445. The fourth-order valence-corrected chi connectivity index (χ4v) is 2.16. The Labute approximate surface area is 170 Å². The normalized spacial score (nSPS) is 15.8. The van der Waals surface area contributed by atoms with Gasteiger partial charge in [0.25, 0.3) is 0 Å². The van der Waals surface area contributed by atoms with Crippen LogP contribution in [0, 0.1) is 37.8 Å². The molecule has 0 aromatic rings. The van der Waals surface area contributed by atoms with Gasteiger partial charge in [-0.05, 0) is 10.8 Å². The number of rotatable bonds is 0. The summed E-state index contributed by atoms with van der Waals surface area (Å²) >= 11 is 1.58. The van der Waals surface area contributed by atoms with Gasteiger partial charge in [0.2, 0.25) is 0 Å². The summed E-state index contributed by atoms with van der Waals surface area (Å²) in [5.74, 6) is 0. The Morgan fingerprint density at radius 3 is 1.08 bits per heavy atom. The van der Waals surface area contributed by atoms with Gasteiger partial charge >= 0.3 is 30.2 Å². The van der Waals surface area contributed by atoms with Crippen molar-refractivity contribution in [1.29, 1.82) is 0 Å². The quantitative estimate of drug-likeness (QED) is 0.322. The van der Waals surface area contributed by atoms with Crippen LogP contribution in [0.25, 0.3) is 0 Å². The molecule has 0 aromatic carbocycles. The van der Waals surface area contributed by atoms with Crippen molar-refractivity contribution in [2.45, 2.75) is 68.2 Å². The van der Waals surface area contributed by atoms with E-state index in [0.29, 0.717) is 10.8 Å². The van der Waals surface area contributed by atoms with Gasteiger partial charge in [0.15, 0.2) is 0 Å². The van der Waals surface area contributed by atoms with Gasteiger partial charge in [0.05, 0.1) is 0 Å². The van der Waals surface area contributed by atoms with Crippen LogP contribution in [0.5, 0.6) is 0 Å². The molecular formula is C22H38SiZr-4. The molecule has 0 N–H and O–H groups in total. The van der Waals surface area contributed by atoms with Crippen LogP contribution in [0.15, 0.2) is 34.4 Å². The van der Waals surface area contributed by atoms with Gasteiger partial charge in [-0.2, -0.15) is 11.1 Å². The molecule has 0 unspecified atom stereocenters. The molecule has 2 aliphatic rings. The van der Waals surface area contributed by atoms with Crippen molar-refractivity contribution >= 4 is 6.88 Å². The van der Waals surface area contributed by atoms with Crippen LogP contribution in [0.3, 0.4) is 0 Å². The van der Waals surface area contributed by atoms with Crippen LogP contribution < -0.4 is 0 Å². The van der Waals surface area contributed by atoms with Crippen LogP contribution in [-0.2, 0) is 23.3 Å². The van der Waals surface area contributed by atoms with Crippen molar-refractivity contribution in [2.24, 2.45) is 10.8 Å². The summed E-state index contributed by atoms with van der Waals surface area (Å²) < 4.78 is 0. The summed E-state index contributed by atoms with van der Waals surface area (Å²) in [6.45, 7) is 19.7. The third-order valence-corrected chi connectivity index (χ3v) is 3.82. The molecule has 2 heteroatoms. The fraction of sp³-hybridized carbons (Fsp3) is 0.545. The SMILES string of the molecule is CC1=[C-]CC(C(C)(C)C)=C1.CC1=[C-]CC(C(C)(C)C)=C1.[CH3-].[CH3-].[SiH2]=[Zr]. The van der Waals surface area contributed by atoms with E-state index in [2.05, 4.69) is 79.7 Å². The van der Waals surface area contributed by atoms with Crippen molar-refractivity contribution in [2.75, 3.05) is 0 Å². The summed E-state index contributed by atoms with van der Waals surface area (Å²) in [6.07, 6.45) is 13.2. The molecule has 0 atom stereocenters. The van der Waals surface area contributed by atoms with Gasteiger partial charge in [0, 0.05) is 0 Å². The second-order valence-corrected chi connectivity index (χ2v) is 7.91. The van der Waals surface area contributed by atoms with Crippen LogP contribution in [-0.4, -0.2) is 6.88 Å². The molecule has 0 radical (unpaired) electrons. The monoisotopic (exact) mass is 420 g/mol. The van der Waals surface area contributed by atoms with E-state index in [-0.39, 0.29) is 14.9 Å². The molecule has 138 valence electrons. The van der Waals surface area contributed by atoms with Gasteiger partial charge < -0.3 is 14.9 Å². The van der Waals surface area contributed by atoms with Gasteiger partial charge in [-0.15, -0.1) is 12.8 Å². The zero-order chi connectivity index (χ0) is 17.6. The molecule has 0 saturated heterocycles. The maximum absolute atomic E-state index is 3.30. The third kappa shape index (κ3) is 10.8. The fourth-order valence-electron chi connectivity index (χ4n) is 2.16. The van der Waals surface area contributed by atoms with Gasteiger partial charge in [-0.3, -0.25) is 12.2 Å². The summed E-state index contributed by atoms with van der Waals surface area (Å²) in [7, 11) is 0. The predicted molar refractivity (Wildman–Crippen MR) is 111 cm³/mol. The molecule has 0 aromatic heterocycles. The minimum atomic E-state index is 0. The molecule has 2 rings (SSSR count). The van der Waals surface area contributed by atoms with E-state index in [1.165, 1.54) is 22.3 Å². The van der Waals surface area contributed by atoms with E-state index in [9.17, 15) is 0 Å². The molecule has 24 heavy (non-hydrogen) atoms. The Kier molecular flexibility index (Phi) is 14.9. The molecule has 0 bridgehead atoms. The van der Waals surface area contributed by atoms with Crippen molar-refractivity contribution < 1.29 is 23.3 Å². The van der Waals surface area contributed by atoms with Crippen molar-refractivity contribution in [1.82, 2.24) is 0 Å². The van der Waals surface area contributed by atoms with E-state index in [4.69, 9.17) is 0 Å². The molecule has 0 nitrogen and oxygen atoms in total. The Morgan fingerprint density at radius 2 is 1.00 bits per heavy atom. The van der Waals surface area contributed by atoms with E-state index >= 15 is 0 Å². The van der Waals surface area contributed by atoms with Gasteiger partial charge in [0.1, 0.15) is 0 Å². The van der Waals surface area contributed by atoms with Crippen molar-refractivity contribution in [3.05, 3.63) is 61.4 Å². The zero-order valence-electron chi connectivity index (χ0n) is 17.8. The van der Waals surface area contributed by atoms with Crippen LogP contribution >= 0.6 is 0 Å². The third-order valence-electron chi connectivity index (χ3n) is 3.82. The first-order chi connectivity index (χ1) is 10.00. The molecule has 0 amide bonds. The number of hydrogen-bond acceptors (Lipinski definition) is 0. The molecule has 0 heterocycles. The predicted octanol–water partition coefficient (Wildman–Crippen LogP) is 6.21. The molecule has 0 saturated carbocycles. The summed E-state index contributed by atoms with van der Waals surface area (Å²) in [5, 5.41) is 0. The second-order valence-electron chi connectivity index (χ2n) is 7.91. The van der Waals surface area contributed by atoms with Gasteiger partial charge in [-0.25, -0.2) is 23.3 Å². The molecule has 2 aliphatic carbocycles. The number of hydrogen-bond donors (Lipinski definition) is 0. The standard InChI is InChI=1S/2C10H15.2CH3.H2Si.Zr/c2*1-8-5-6-9(7-8)10(2,3)4;;;;/h2*7H,6H2,1-4H3;2*1H3;1H2;/q4*-1;;. The van der Waals surface area contributed by atoms with E-state index in [0.717, 1.165) is 12.8 Å². The first-order valence-corrected chi connectivity index (χ1v) is 13.8. The zero-order valence-corrected chi connectivity index (χ0v) is 21.6. The first-order valence-electron chi connectivity index (χ1n) is 7.92. The average molecular weight is 422 g/mol. The summed E-state index contributed by atoms with van der Waals surface area (Å²) in [5.41, 5.74) is 6.28. The van der Waals surface area contributed by atoms with E-state index < -0.39 is 0 Å². The molecule has 0 spiro atoms. The topological polar surface area (TPSA) is 0 Å². The summed E-state index contributed by atoms with van der Waals surface area (Å²) in [4.78, 5) is 0. The van der Waals surface area contributed by atoms with Crippen LogP contribution in [0.1, 0.15) is 68.2 Å². The molecular weight excluding hydrogens is 384 g/mol. The van der Waals surface area contributed by atoms with Crippen LogP contribution in [0.2, 0.25) is 0 Å². The maximum atomic E-state index is 3.30. The van der Waals surface area contributed by atoms with Gasteiger partial charge in [-0.1, -0.05) is 55.4 Å². The van der Waals surface area contributed by atoms with E-state index in [1.807, 2.05) is 6.88 Å². The minimum absolute atomic E-state index is 0.